The first-order valence-corrected chi connectivity index (χ1v) is 11.0. The van der Waals surface area contributed by atoms with Crippen LogP contribution in [0, 0.1) is 5.82 Å². The first-order valence-electron chi connectivity index (χ1n) is 9.12. The molecule has 1 amide bonds. The van der Waals surface area contributed by atoms with Gasteiger partial charge in [0.2, 0.25) is 10.0 Å². The van der Waals surface area contributed by atoms with E-state index in [1.54, 1.807) is 6.92 Å². The van der Waals surface area contributed by atoms with Gasteiger partial charge in [-0.2, -0.15) is 0 Å². The number of hydrogen-bond acceptors (Lipinski definition) is 5. The molecular weight excluding hydrogens is 435 g/mol. The van der Waals surface area contributed by atoms with E-state index in [1.165, 1.54) is 43.3 Å². The monoisotopic (exact) mass is 456 g/mol. The molecule has 0 aliphatic heterocycles. The molecule has 0 saturated carbocycles. The van der Waals surface area contributed by atoms with Gasteiger partial charge in [0, 0.05) is 11.1 Å². The summed E-state index contributed by atoms with van der Waals surface area (Å²) < 4.78 is 45.9. The number of sulfonamides is 1. The lowest BCUT2D eigenvalue weighted by Crippen LogP contribution is -2.32. The molecule has 2 rings (SSSR count). The Morgan fingerprint density at radius 3 is 2.33 bits per heavy atom. The maximum absolute atomic E-state index is 13.8. The van der Waals surface area contributed by atoms with E-state index in [2.05, 4.69) is 10.0 Å². The van der Waals surface area contributed by atoms with E-state index in [1.807, 2.05) is 6.92 Å². The lowest BCUT2D eigenvalue weighted by Gasteiger charge is -2.15. The van der Waals surface area contributed by atoms with Crippen molar-refractivity contribution in [2.75, 3.05) is 5.32 Å². The summed E-state index contributed by atoms with van der Waals surface area (Å²) in [5, 5.41) is 2.49. The molecule has 0 bridgehead atoms. The molecule has 0 radical (unpaired) electrons. The molecule has 2 aromatic rings. The van der Waals surface area contributed by atoms with Gasteiger partial charge in [0.1, 0.15) is 5.82 Å². The Morgan fingerprint density at radius 1 is 1.13 bits per heavy atom. The maximum Gasteiger partial charge on any atom is 0.338 e. The van der Waals surface area contributed by atoms with Crippen LogP contribution in [0.25, 0.3) is 0 Å². The van der Waals surface area contributed by atoms with Crippen molar-refractivity contribution in [2.24, 2.45) is 0 Å². The third kappa shape index (κ3) is 6.25. The molecule has 7 nitrogen and oxygen atoms in total. The van der Waals surface area contributed by atoms with E-state index in [9.17, 15) is 22.4 Å². The van der Waals surface area contributed by atoms with Gasteiger partial charge in [-0.1, -0.05) is 18.5 Å². The van der Waals surface area contributed by atoms with Crippen molar-refractivity contribution in [3.05, 3.63) is 58.9 Å². The molecule has 30 heavy (non-hydrogen) atoms. The van der Waals surface area contributed by atoms with Crippen molar-refractivity contribution in [1.82, 2.24) is 4.72 Å². The average Bonchev–Trinajstić information content (AvgIpc) is 2.69. The van der Waals surface area contributed by atoms with E-state index in [-0.39, 0.29) is 27.2 Å². The largest absolute Gasteiger partial charge is 0.449 e. The summed E-state index contributed by atoms with van der Waals surface area (Å²) in [6, 6.07) is 8.63. The summed E-state index contributed by atoms with van der Waals surface area (Å²) >= 11 is 5.66. The Morgan fingerprint density at radius 2 is 1.77 bits per heavy atom. The van der Waals surface area contributed by atoms with Gasteiger partial charge < -0.3 is 10.1 Å². The van der Waals surface area contributed by atoms with Gasteiger partial charge in [0.05, 0.1) is 16.1 Å². The van der Waals surface area contributed by atoms with Gasteiger partial charge in [-0.25, -0.2) is 22.3 Å². The van der Waals surface area contributed by atoms with Crippen LogP contribution < -0.4 is 10.0 Å². The Balaban J connectivity index is 2.02. The summed E-state index contributed by atoms with van der Waals surface area (Å²) in [6.45, 7) is 4.92. The number of esters is 1. The van der Waals surface area contributed by atoms with Crippen molar-refractivity contribution < 1.29 is 27.1 Å². The van der Waals surface area contributed by atoms with Crippen LogP contribution in [0.3, 0.4) is 0 Å². The van der Waals surface area contributed by atoms with Crippen molar-refractivity contribution >= 4 is 39.2 Å². The summed E-state index contributed by atoms with van der Waals surface area (Å²) in [7, 11) is -3.70. The van der Waals surface area contributed by atoms with Gasteiger partial charge >= 0.3 is 5.97 Å². The molecule has 162 valence electrons. The number of nitrogens with one attached hydrogen (secondary N) is 2. The van der Waals surface area contributed by atoms with E-state index >= 15 is 0 Å². The average molecular weight is 457 g/mol. The Kier molecular flexibility index (Phi) is 7.94. The molecule has 2 aromatic carbocycles. The highest BCUT2D eigenvalue weighted by Gasteiger charge is 2.21. The highest BCUT2D eigenvalue weighted by atomic mass is 35.5. The van der Waals surface area contributed by atoms with Gasteiger partial charge in [-0.15, -0.1) is 0 Å². The van der Waals surface area contributed by atoms with Crippen LogP contribution in [0.2, 0.25) is 5.02 Å². The molecule has 0 aromatic heterocycles. The zero-order valence-electron chi connectivity index (χ0n) is 16.6. The predicted octanol–water partition coefficient (Wildman–Crippen LogP) is 3.74. The minimum absolute atomic E-state index is 0.00311. The third-order valence-corrected chi connectivity index (χ3v) is 6.05. The van der Waals surface area contributed by atoms with E-state index in [0.29, 0.717) is 6.42 Å². The van der Waals surface area contributed by atoms with Crippen LogP contribution in [0.15, 0.2) is 47.4 Å². The lowest BCUT2D eigenvalue weighted by atomic mass is 10.2. The van der Waals surface area contributed by atoms with Gasteiger partial charge in [0.15, 0.2) is 6.10 Å². The minimum atomic E-state index is -3.70. The summed E-state index contributed by atoms with van der Waals surface area (Å²) in [5.74, 6) is -2.29. The number of amides is 1. The van der Waals surface area contributed by atoms with Gasteiger partial charge in [-0.3, -0.25) is 4.79 Å². The second kappa shape index (κ2) is 10.0. The number of halogens is 2. The minimum Gasteiger partial charge on any atom is -0.449 e. The first kappa shape index (κ1) is 23.8. The number of carbonyl (C=O) groups is 2. The Bertz CT molecular complexity index is 1030. The summed E-state index contributed by atoms with van der Waals surface area (Å²) in [5.41, 5.74) is -0.0366. The quantitative estimate of drug-likeness (QED) is 0.589. The van der Waals surface area contributed by atoms with Crippen molar-refractivity contribution in [2.45, 2.75) is 44.2 Å². The van der Waals surface area contributed by atoms with Crippen LogP contribution >= 0.6 is 11.6 Å². The number of hydrogen-bond donors (Lipinski definition) is 2. The van der Waals surface area contributed by atoms with E-state index in [0.717, 1.165) is 6.07 Å². The maximum atomic E-state index is 13.8. The first-order chi connectivity index (χ1) is 14.0. The van der Waals surface area contributed by atoms with Crippen LogP contribution in [0.4, 0.5) is 10.1 Å². The Labute approximate surface area is 179 Å². The molecule has 10 heteroatoms. The summed E-state index contributed by atoms with van der Waals surface area (Å²) in [4.78, 5) is 24.4. The molecule has 0 aliphatic rings. The smallest absolute Gasteiger partial charge is 0.338 e. The standard InChI is InChI=1S/C20H22ClFN2O5S/c1-4-12(2)24-30(27,28)16-8-5-14(6-9-16)20(26)29-13(3)19(25)23-18-10-7-15(21)11-17(18)22/h5-13,24H,4H2,1-3H3,(H,23,25). The molecule has 0 aliphatic carbocycles. The Hall–Kier alpha value is -2.49. The van der Waals surface area contributed by atoms with Crippen molar-refractivity contribution in [3.63, 3.8) is 0 Å². The number of anilines is 1. The molecule has 2 N–H and O–H groups in total. The van der Waals surface area contributed by atoms with E-state index in [4.69, 9.17) is 16.3 Å². The molecule has 0 fully saturated rings. The van der Waals surface area contributed by atoms with Crippen LogP contribution in [-0.2, 0) is 19.6 Å². The van der Waals surface area contributed by atoms with Crippen LogP contribution in [-0.4, -0.2) is 32.4 Å². The van der Waals surface area contributed by atoms with Crippen LogP contribution in [0.5, 0.6) is 0 Å². The molecule has 2 unspecified atom stereocenters. The second-order valence-electron chi connectivity index (χ2n) is 6.62. The normalized spacial score (nSPS) is 13.4. The predicted molar refractivity (Wildman–Crippen MR) is 111 cm³/mol. The number of ether oxygens (including phenoxy) is 1. The van der Waals surface area contributed by atoms with Crippen molar-refractivity contribution in [1.29, 1.82) is 0 Å². The molecule has 0 saturated heterocycles. The third-order valence-electron chi connectivity index (χ3n) is 4.21. The highest BCUT2D eigenvalue weighted by Crippen LogP contribution is 2.19. The molecular formula is C20H22ClFN2O5S. The van der Waals surface area contributed by atoms with Gasteiger partial charge in [0.25, 0.3) is 5.91 Å². The number of carbonyl (C=O) groups excluding carboxylic acids is 2. The zero-order valence-corrected chi connectivity index (χ0v) is 18.2. The fourth-order valence-electron chi connectivity index (χ4n) is 2.29. The topological polar surface area (TPSA) is 102 Å². The fourth-order valence-corrected chi connectivity index (χ4v) is 3.78. The number of benzene rings is 2. The fraction of sp³-hybridized carbons (Fsp3) is 0.300. The molecule has 0 heterocycles. The summed E-state index contributed by atoms with van der Waals surface area (Å²) in [6.07, 6.45) is -0.591. The molecule has 0 spiro atoms. The van der Waals surface area contributed by atoms with Crippen LogP contribution in [0.1, 0.15) is 37.6 Å². The SMILES string of the molecule is CCC(C)NS(=O)(=O)c1ccc(C(=O)OC(C)C(=O)Nc2ccc(Cl)cc2F)cc1. The second-order valence-corrected chi connectivity index (χ2v) is 8.77. The van der Waals surface area contributed by atoms with Gasteiger partial charge in [-0.05, 0) is 62.7 Å². The number of rotatable bonds is 8. The highest BCUT2D eigenvalue weighted by molar-refractivity contribution is 7.89. The molecule has 2 atom stereocenters. The van der Waals surface area contributed by atoms with E-state index < -0.39 is 33.8 Å². The lowest BCUT2D eigenvalue weighted by molar-refractivity contribution is -0.123. The zero-order chi connectivity index (χ0) is 22.5. The van der Waals surface area contributed by atoms with Crippen molar-refractivity contribution in [3.8, 4) is 0 Å².